The number of carbonyl (C=O) groups is 1. The predicted octanol–water partition coefficient (Wildman–Crippen LogP) is 1.53. The fourth-order valence-corrected chi connectivity index (χ4v) is 1.23. The Kier molecular flexibility index (Phi) is 5.51. The molecule has 0 aliphatic rings. The molecule has 0 bridgehead atoms. The van der Waals surface area contributed by atoms with E-state index in [4.69, 9.17) is 14.6 Å². The van der Waals surface area contributed by atoms with Gasteiger partial charge in [0.05, 0.1) is 6.61 Å². The van der Waals surface area contributed by atoms with Crippen LogP contribution in [0.5, 0.6) is 6.01 Å². The zero-order valence-corrected chi connectivity index (χ0v) is 10.8. The molecule has 1 N–H and O–H groups in total. The van der Waals surface area contributed by atoms with E-state index in [1.165, 1.54) is 6.07 Å². The Balaban J connectivity index is 2.44. The van der Waals surface area contributed by atoms with Crippen molar-refractivity contribution in [2.24, 2.45) is 5.92 Å². The Morgan fingerprint density at radius 2 is 2.11 bits per heavy atom. The molecule has 0 fully saturated rings. The minimum atomic E-state index is -1.10. The number of nitrogens with zero attached hydrogens (tertiary/aromatic N) is 2. The van der Waals surface area contributed by atoms with Gasteiger partial charge < -0.3 is 14.6 Å². The van der Waals surface area contributed by atoms with Crippen molar-refractivity contribution >= 4 is 5.97 Å². The minimum Gasteiger partial charge on any atom is -0.477 e. The zero-order chi connectivity index (χ0) is 13.5. The number of aromatic carboxylic acids is 1. The van der Waals surface area contributed by atoms with Gasteiger partial charge in [-0.2, -0.15) is 4.98 Å². The van der Waals surface area contributed by atoms with Gasteiger partial charge in [0, 0.05) is 12.3 Å². The van der Waals surface area contributed by atoms with Gasteiger partial charge in [-0.3, -0.25) is 0 Å². The number of hydrogen-bond acceptors (Lipinski definition) is 5. The molecule has 0 aromatic carbocycles. The van der Waals surface area contributed by atoms with Crippen LogP contribution in [0.1, 0.15) is 30.0 Å². The SMILES string of the molecule is Cc1cc(C(=O)O)nc(OCCOCC(C)C)n1. The lowest BCUT2D eigenvalue weighted by Gasteiger charge is -2.08. The van der Waals surface area contributed by atoms with Crippen LogP contribution in [0, 0.1) is 12.8 Å². The first-order valence-electron chi connectivity index (χ1n) is 5.78. The van der Waals surface area contributed by atoms with Crippen LogP contribution in [0.2, 0.25) is 0 Å². The molecule has 0 aliphatic heterocycles. The van der Waals surface area contributed by atoms with E-state index in [-0.39, 0.29) is 11.7 Å². The standard InChI is InChI=1S/C12H18N2O4/c1-8(2)7-17-4-5-18-12-13-9(3)6-10(14-12)11(15)16/h6,8H,4-5,7H2,1-3H3,(H,15,16). The second-order valence-corrected chi connectivity index (χ2v) is 4.30. The van der Waals surface area contributed by atoms with E-state index in [0.717, 1.165) is 0 Å². The molecule has 0 unspecified atom stereocenters. The average molecular weight is 254 g/mol. The van der Waals surface area contributed by atoms with Crippen molar-refractivity contribution in [3.05, 3.63) is 17.5 Å². The second kappa shape index (κ2) is 6.90. The monoisotopic (exact) mass is 254 g/mol. The summed E-state index contributed by atoms with van der Waals surface area (Å²) in [6.45, 7) is 7.20. The van der Waals surface area contributed by atoms with Crippen LogP contribution in [-0.2, 0) is 4.74 Å². The van der Waals surface area contributed by atoms with Crippen LogP contribution in [0.3, 0.4) is 0 Å². The second-order valence-electron chi connectivity index (χ2n) is 4.30. The molecule has 0 amide bonds. The molecule has 1 aromatic heterocycles. The van der Waals surface area contributed by atoms with Crippen molar-refractivity contribution in [2.45, 2.75) is 20.8 Å². The summed E-state index contributed by atoms with van der Waals surface area (Å²) in [4.78, 5) is 18.6. The Morgan fingerprint density at radius 1 is 1.39 bits per heavy atom. The average Bonchev–Trinajstić information content (AvgIpc) is 2.27. The molecule has 0 saturated carbocycles. The van der Waals surface area contributed by atoms with E-state index in [1.807, 2.05) is 0 Å². The first kappa shape index (κ1) is 14.4. The molecule has 18 heavy (non-hydrogen) atoms. The van der Waals surface area contributed by atoms with E-state index in [9.17, 15) is 4.79 Å². The maximum absolute atomic E-state index is 10.8. The summed E-state index contributed by atoms with van der Waals surface area (Å²) in [5.74, 6) is -0.625. The van der Waals surface area contributed by atoms with Crippen molar-refractivity contribution in [3.8, 4) is 6.01 Å². The van der Waals surface area contributed by atoms with Gasteiger partial charge in [0.1, 0.15) is 6.61 Å². The summed E-state index contributed by atoms with van der Waals surface area (Å²) in [6, 6.07) is 1.46. The number of carboxylic acids is 1. The molecule has 0 aliphatic carbocycles. The molecule has 1 rings (SSSR count). The summed E-state index contributed by atoms with van der Waals surface area (Å²) >= 11 is 0. The van der Waals surface area contributed by atoms with Gasteiger partial charge in [-0.1, -0.05) is 13.8 Å². The first-order valence-corrected chi connectivity index (χ1v) is 5.78. The predicted molar refractivity (Wildman–Crippen MR) is 64.9 cm³/mol. The van der Waals surface area contributed by atoms with Crippen molar-refractivity contribution in [1.29, 1.82) is 0 Å². The summed E-state index contributed by atoms with van der Waals surface area (Å²) in [5.41, 5.74) is 0.487. The van der Waals surface area contributed by atoms with Crippen molar-refractivity contribution in [2.75, 3.05) is 19.8 Å². The number of hydrogen-bond donors (Lipinski definition) is 1. The Bertz CT molecular complexity index is 407. The number of ether oxygens (including phenoxy) is 2. The highest BCUT2D eigenvalue weighted by atomic mass is 16.5. The molecular formula is C12H18N2O4. The lowest BCUT2D eigenvalue weighted by atomic mass is 10.2. The van der Waals surface area contributed by atoms with E-state index >= 15 is 0 Å². The third kappa shape index (κ3) is 5.09. The van der Waals surface area contributed by atoms with E-state index in [0.29, 0.717) is 31.4 Å². The van der Waals surface area contributed by atoms with Gasteiger partial charge in [-0.25, -0.2) is 9.78 Å². The lowest BCUT2D eigenvalue weighted by Crippen LogP contribution is -2.12. The molecule has 1 heterocycles. The third-order valence-electron chi connectivity index (χ3n) is 1.96. The van der Waals surface area contributed by atoms with E-state index in [1.54, 1.807) is 6.92 Å². The van der Waals surface area contributed by atoms with Crippen LogP contribution >= 0.6 is 0 Å². The summed E-state index contributed by atoms with van der Waals surface area (Å²) in [5, 5.41) is 8.83. The largest absolute Gasteiger partial charge is 0.477 e. The lowest BCUT2D eigenvalue weighted by molar-refractivity contribution is 0.0683. The number of aryl methyl sites for hydroxylation is 1. The normalized spacial score (nSPS) is 10.7. The molecule has 6 heteroatoms. The zero-order valence-electron chi connectivity index (χ0n) is 10.8. The van der Waals surface area contributed by atoms with E-state index in [2.05, 4.69) is 23.8 Å². The molecule has 6 nitrogen and oxygen atoms in total. The smallest absolute Gasteiger partial charge is 0.354 e. The first-order chi connectivity index (χ1) is 8.49. The van der Waals surface area contributed by atoms with Crippen LogP contribution in [0.4, 0.5) is 0 Å². The quantitative estimate of drug-likeness (QED) is 0.743. The topological polar surface area (TPSA) is 81.5 Å². The van der Waals surface area contributed by atoms with Crippen molar-refractivity contribution < 1.29 is 19.4 Å². The van der Waals surface area contributed by atoms with Gasteiger partial charge in [0.15, 0.2) is 5.69 Å². The van der Waals surface area contributed by atoms with Crippen molar-refractivity contribution in [3.63, 3.8) is 0 Å². The highest BCUT2D eigenvalue weighted by Crippen LogP contribution is 2.07. The highest BCUT2D eigenvalue weighted by Gasteiger charge is 2.09. The van der Waals surface area contributed by atoms with Gasteiger partial charge >= 0.3 is 12.0 Å². The Labute approximate surface area is 106 Å². The number of aromatic nitrogens is 2. The Morgan fingerprint density at radius 3 is 2.72 bits per heavy atom. The summed E-state index contributed by atoms with van der Waals surface area (Å²) in [6.07, 6.45) is 0. The third-order valence-corrected chi connectivity index (χ3v) is 1.96. The van der Waals surface area contributed by atoms with Gasteiger partial charge in [0.25, 0.3) is 0 Å². The molecule has 1 aromatic rings. The summed E-state index contributed by atoms with van der Waals surface area (Å²) in [7, 11) is 0. The molecule has 0 atom stereocenters. The van der Waals surface area contributed by atoms with Gasteiger partial charge in [0.2, 0.25) is 0 Å². The maximum Gasteiger partial charge on any atom is 0.354 e. The number of rotatable bonds is 7. The highest BCUT2D eigenvalue weighted by molar-refractivity contribution is 5.85. The maximum atomic E-state index is 10.8. The Hall–Kier alpha value is -1.69. The fourth-order valence-electron chi connectivity index (χ4n) is 1.23. The van der Waals surface area contributed by atoms with Gasteiger partial charge in [-0.05, 0) is 18.9 Å². The number of carboxylic acid groups (broad SMARTS) is 1. The molecule has 100 valence electrons. The van der Waals surface area contributed by atoms with Crippen LogP contribution in [-0.4, -0.2) is 40.9 Å². The van der Waals surface area contributed by atoms with E-state index < -0.39 is 5.97 Å². The van der Waals surface area contributed by atoms with Crippen molar-refractivity contribution in [1.82, 2.24) is 9.97 Å². The molecular weight excluding hydrogens is 236 g/mol. The van der Waals surface area contributed by atoms with Gasteiger partial charge in [-0.15, -0.1) is 0 Å². The fraction of sp³-hybridized carbons (Fsp3) is 0.583. The molecule has 0 radical (unpaired) electrons. The molecule has 0 saturated heterocycles. The summed E-state index contributed by atoms with van der Waals surface area (Å²) < 4.78 is 10.6. The van der Waals surface area contributed by atoms with Crippen LogP contribution in [0.25, 0.3) is 0 Å². The minimum absolute atomic E-state index is 0.0689. The van der Waals surface area contributed by atoms with Crippen LogP contribution < -0.4 is 4.74 Å². The molecule has 0 spiro atoms. The van der Waals surface area contributed by atoms with Crippen LogP contribution in [0.15, 0.2) is 6.07 Å².